The highest BCUT2D eigenvalue weighted by Gasteiger charge is 2.38. The van der Waals surface area contributed by atoms with Crippen molar-refractivity contribution in [2.24, 2.45) is 11.8 Å². The molecule has 1 fully saturated rings. The maximum absolute atomic E-state index is 11.4. The SMILES string of the molecule is CC(=O)[C@@H]1CC(=O)O[C@H]1c1ccc(Cl)cc1.CCCC(C)CCC.CCc1cc(C)cs1. The first-order chi connectivity index (χ1) is 15.2. The summed E-state index contributed by atoms with van der Waals surface area (Å²) in [6.07, 6.45) is 6.41. The second kappa shape index (κ2) is 15.2. The Morgan fingerprint density at radius 1 is 1.16 bits per heavy atom. The molecule has 32 heavy (non-hydrogen) atoms. The molecule has 1 aliphatic rings. The van der Waals surface area contributed by atoms with Crippen LogP contribution in [0.5, 0.6) is 0 Å². The molecule has 0 spiro atoms. The van der Waals surface area contributed by atoms with Gasteiger partial charge in [0.15, 0.2) is 0 Å². The van der Waals surface area contributed by atoms with Crippen LogP contribution in [0.2, 0.25) is 5.02 Å². The molecule has 1 saturated heterocycles. The molecule has 0 radical (unpaired) electrons. The van der Waals surface area contributed by atoms with Crippen LogP contribution < -0.4 is 0 Å². The molecule has 1 aromatic heterocycles. The molecule has 0 aliphatic carbocycles. The van der Waals surface area contributed by atoms with Crippen molar-refractivity contribution in [3.05, 3.63) is 56.7 Å². The number of hydrogen-bond donors (Lipinski definition) is 0. The largest absolute Gasteiger partial charge is 0.457 e. The minimum absolute atomic E-state index is 0.0224. The maximum Gasteiger partial charge on any atom is 0.307 e. The van der Waals surface area contributed by atoms with Crippen LogP contribution in [0.4, 0.5) is 0 Å². The molecule has 0 saturated carbocycles. The van der Waals surface area contributed by atoms with E-state index in [9.17, 15) is 9.59 Å². The van der Waals surface area contributed by atoms with Gasteiger partial charge in [0.1, 0.15) is 11.9 Å². The first-order valence-corrected chi connectivity index (χ1v) is 13.0. The zero-order chi connectivity index (χ0) is 24.1. The van der Waals surface area contributed by atoms with Crippen LogP contribution >= 0.6 is 22.9 Å². The molecule has 3 nitrogen and oxygen atoms in total. The Morgan fingerprint density at radius 3 is 2.16 bits per heavy atom. The number of rotatable bonds is 7. The predicted molar refractivity (Wildman–Crippen MR) is 136 cm³/mol. The van der Waals surface area contributed by atoms with Crippen LogP contribution in [0.3, 0.4) is 0 Å². The third kappa shape index (κ3) is 10.3. The third-order valence-electron chi connectivity index (χ3n) is 5.43. The maximum atomic E-state index is 11.4. The van der Waals surface area contributed by atoms with Gasteiger partial charge in [-0.2, -0.15) is 0 Å². The van der Waals surface area contributed by atoms with Crippen molar-refractivity contribution >= 4 is 34.7 Å². The Hall–Kier alpha value is -1.65. The topological polar surface area (TPSA) is 43.4 Å². The highest BCUT2D eigenvalue weighted by Crippen LogP contribution is 2.36. The quantitative estimate of drug-likeness (QED) is 0.375. The molecule has 1 aromatic carbocycles. The number of carbonyl (C=O) groups excluding carboxylic acids is 2. The summed E-state index contributed by atoms with van der Waals surface area (Å²) in [7, 11) is 0. The van der Waals surface area contributed by atoms with E-state index in [1.807, 2.05) is 11.3 Å². The van der Waals surface area contributed by atoms with Crippen molar-refractivity contribution in [2.45, 2.75) is 86.2 Å². The first-order valence-electron chi connectivity index (χ1n) is 11.7. The number of Topliss-reactive ketones (excluding diaryl/α,β-unsaturated/α-hetero) is 1. The molecule has 0 N–H and O–H groups in total. The molecule has 2 atom stereocenters. The Labute approximate surface area is 203 Å². The van der Waals surface area contributed by atoms with Crippen molar-refractivity contribution in [1.82, 2.24) is 0 Å². The van der Waals surface area contributed by atoms with E-state index in [1.165, 1.54) is 49.5 Å². The summed E-state index contributed by atoms with van der Waals surface area (Å²) in [5.41, 5.74) is 2.21. The molecule has 5 heteroatoms. The van der Waals surface area contributed by atoms with Crippen LogP contribution in [-0.4, -0.2) is 11.8 Å². The van der Waals surface area contributed by atoms with E-state index in [0.717, 1.165) is 11.5 Å². The van der Waals surface area contributed by atoms with Crippen LogP contribution in [0.1, 0.15) is 88.8 Å². The second-order valence-electron chi connectivity index (χ2n) is 8.51. The van der Waals surface area contributed by atoms with Gasteiger partial charge in [-0.1, -0.05) is 77.1 Å². The van der Waals surface area contributed by atoms with Crippen LogP contribution in [-0.2, 0) is 20.7 Å². The van der Waals surface area contributed by atoms with E-state index in [-0.39, 0.29) is 24.1 Å². The van der Waals surface area contributed by atoms with Gasteiger partial charge in [0.2, 0.25) is 0 Å². The van der Waals surface area contributed by atoms with Crippen molar-refractivity contribution in [3.63, 3.8) is 0 Å². The highest BCUT2D eigenvalue weighted by molar-refractivity contribution is 7.10. The fourth-order valence-corrected chi connectivity index (χ4v) is 4.63. The average Bonchev–Trinajstić information content (AvgIpc) is 3.35. The Morgan fingerprint density at radius 2 is 1.75 bits per heavy atom. The highest BCUT2D eigenvalue weighted by atomic mass is 35.5. The fourth-order valence-electron chi connectivity index (χ4n) is 3.67. The molecule has 0 amide bonds. The zero-order valence-corrected chi connectivity index (χ0v) is 22.0. The number of hydrogen-bond acceptors (Lipinski definition) is 4. The van der Waals surface area contributed by atoms with Crippen LogP contribution in [0.25, 0.3) is 0 Å². The van der Waals surface area contributed by atoms with E-state index < -0.39 is 6.10 Å². The molecule has 0 bridgehead atoms. The van der Waals surface area contributed by atoms with Gasteiger partial charge >= 0.3 is 5.97 Å². The Bertz CT molecular complexity index is 807. The summed E-state index contributed by atoms with van der Waals surface area (Å²) in [6.45, 7) is 12.7. The van der Waals surface area contributed by atoms with E-state index >= 15 is 0 Å². The number of aryl methyl sites for hydroxylation is 2. The van der Waals surface area contributed by atoms with Gasteiger partial charge in [-0.25, -0.2) is 0 Å². The third-order valence-corrected chi connectivity index (χ3v) is 6.88. The van der Waals surface area contributed by atoms with Crippen molar-refractivity contribution in [3.8, 4) is 0 Å². The molecule has 3 rings (SSSR count). The summed E-state index contributed by atoms with van der Waals surface area (Å²) >= 11 is 7.62. The van der Waals surface area contributed by atoms with Crippen molar-refractivity contribution in [2.75, 3.05) is 0 Å². The molecule has 2 aromatic rings. The number of ketones is 1. The Balaban J connectivity index is 0.000000270. The lowest BCUT2D eigenvalue weighted by Gasteiger charge is -2.15. The van der Waals surface area contributed by atoms with Crippen LogP contribution in [0, 0.1) is 18.8 Å². The smallest absolute Gasteiger partial charge is 0.307 e. The minimum atomic E-state index is -0.456. The zero-order valence-electron chi connectivity index (χ0n) is 20.4. The first kappa shape index (κ1) is 28.4. The van der Waals surface area contributed by atoms with E-state index in [1.54, 1.807) is 24.3 Å². The second-order valence-corrected chi connectivity index (χ2v) is 9.94. The van der Waals surface area contributed by atoms with Gasteiger partial charge in [0, 0.05) is 9.90 Å². The summed E-state index contributed by atoms with van der Waals surface area (Å²) in [4.78, 5) is 24.1. The molecular formula is C27H39ClO3S. The normalized spacial score (nSPS) is 17.2. The predicted octanol–water partition coefficient (Wildman–Crippen LogP) is 8.37. The van der Waals surface area contributed by atoms with E-state index in [2.05, 4.69) is 46.1 Å². The molecule has 0 unspecified atom stereocenters. The number of cyclic esters (lactones) is 1. The number of benzene rings is 1. The van der Waals surface area contributed by atoms with Gasteiger partial charge < -0.3 is 4.74 Å². The van der Waals surface area contributed by atoms with E-state index in [4.69, 9.17) is 16.3 Å². The molecule has 2 heterocycles. The molecular weight excluding hydrogens is 440 g/mol. The lowest BCUT2D eigenvalue weighted by atomic mass is 9.92. The Kier molecular flexibility index (Phi) is 13.5. The monoisotopic (exact) mass is 478 g/mol. The molecule has 1 aliphatic heterocycles. The number of carbonyl (C=O) groups is 2. The summed E-state index contributed by atoms with van der Waals surface area (Å²) in [6, 6.07) is 9.24. The number of ether oxygens (including phenoxy) is 1. The minimum Gasteiger partial charge on any atom is -0.457 e. The van der Waals surface area contributed by atoms with E-state index in [0.29, 0.717) is 5.02 Å². The fraction of sp³-hybridized carbons (Fsp3) is 0.556. The van der Waals surface area contributed by atoms with Crippen molar-refractivity contribution in [1.29, 1.82) is 0 Å². The van der Waals surface area contributed by atoms with Crippen LogP contribution in [0.15, 0.2) is 35.7 Å². The standard InChI is InChI=1S/C12H11ClO3.C8H18.C7H10S/c1-7(14)10-6-11(15)16-12(10)8-2-4-9(13)5-3-8;1-4-6-8(3)7-5-2;1-3-7-4-6(2)5-8-7/h2-5,10,12H,6H2,1H3;8H,4-7H2,1-3H3;4-5H,3H2,1-2H3/t10-,12-;;/m0../s1. The van der Waals surface area contributed by atoms with Gasteiger partial charge in [0.25, 0.3) is 0 Å². The summed E-state index contributed by atoms with van der Waals surface area (Å²) < 4.78 is 5.16. The van der Waals surface area contributed by atoms with Gasteiger partial charge in [-0.3, -0.25) is 9.59 Å². The number of thiophene rings is 1. The van der Waals surface area contributed by atoms with Gasteiger partial charge in [-0.05, 0) is 60.9 Å². The molecule has 178 valence electrons. The number of halogens is 1. The van der Waals surface area contributed by atoms with Gasteiger partial charge in [-0.15, -0.1) is 11.3 Å². The summed E-state index contributed by atoms with van der Waals surface area (Å²) in [5, 5.41) is 2.81. The lowest BCUT2D eigenvalue weighted by molar-refractivity contribution is -0.141. The lowest BCUT2D eigenvalue weighted by Crippen LogP contribution is -2.15. The average molecular weight is 479 g/mol. The summed E-state index contributed by atoms with van der Waals surface area (Å²) in [5.74, 6) is 0.254. The van der Waals surface area contributed by atoms with Gasteiger partial charge in [0.05, 0.1) is 12.3 Å². The van der Waals surface area contributed by atoms with Crippen molar-refractivity contribution < 1.29 is 14.3 Å². The number of esters is 1.